The molecule has 0 bridgehead atoms. The van der Waals surface area contributed by atoms with E-state index >= 15 is 0 Å². The summed E-state index contributed by atoms with van der Waals surface area (Å²) in [5.74, 6) is 0.874. The summed E-state index contributed by atoms with van der Waals surface area (Å²) < 4.78 is 10.6. The fourth-order valence-corrected chi connectivity index (χ4v) is 3.17. The summed E-state index contributed by atoms with van der Waals surface area (Å²) in [6.45, 7) is 4.94. The molecule has 0 amide bonds. The van der Waals surface area contributed by atoms with Crippen molar-refractivity contribution in [3.8, 4) is 5.75 Å². The number of nitrogens with one attached hydrogen (secondary N) is 1. The Labute approximate surface area is 130 Å². The number of hydrogen-bond donors (Lipinski definition) is 1. The molecule has 0 fully saturated rings. The van der Waals surface area contributed by atoms with Gasteiger partial charge >= 0.3 is 0 Å². The largest absolute Gasteiger partial charge is 0.496 e. The molecule has 0 aliphatic heterocycles. The summed E-state index contributed by atoms with van der Waals surface area (Å²) in [6, 6.07) is 11.1. The molecular weight excluding hydrogens is 282 g/mol. The van der Waals surface area contributed by atoms with Crippen molar-refractivity contribution in [2.24, 2.45) is 0 Å². The van der Waals surface area contributed by atoms with Crippen LogP contribution in [0.3, 0.4) is 0 Å². The normalized spacial score (nSPS) is 13.9. The van der Waals surface area contributed by atoms with Crippen molar-refractivity contribution < 1.29 is 9.47 Å². The first-order valence-corrected chi connectivity index (χ1v) is 7.99. The van der Waals surface area contributed by atoms with E-state index in [1.54, 1.807) is 25.6 Å². The monoisotopic (exact) mass is 305 g/mol. The van der Waals surface area contributed by atoms with Crippen molar-refractivity contribution in [2.45, 2.75) is 32.5 Å². The minimum Gasteiger partial charge on any atom is -0.496 e. The van der Waals surface area contributed by atoms with Crippen LogP contribution < -0.4 is 10.1 Å². The van der Waals surface area contributed by atoms with Gasteiger partial charge in [0, 0.05) is 29.6 Å². The van der Waals surface area contributed by atoms with Crippen LogP contribution in [0.2, 0.25) is 0 Å². The number of thiophene rings is 1. The number of methoxy groups -OCH3 is 2. The van der Waals surface area contributed by atoms with Gasteiger partial charge < -0.3 is 14.8 Å². The first kappa shape index (κ1) is 16.0. The highest BCUT2D eigenvalue weighted by molar-refractivity contribution is 7.10. The van der Waals surface area contributed by atoms with Crippen molar-refractivity contribution in [3.05, 3.63) is 51.7 Å². The van der Waals surface area contributed by atoms with E-state index < -0.39 is 0 Å². The third-order valence-electron chi connectivity index (χ3n) is 3.57. The lowest BCUT2D eigenvalue weighted by Gasteiger charge is -2.21. The average Bonchev–Trinajstić information content (AvgIpc) is 3.01. The van der Waals surface area contributed by atoms with Crippen LogP contribution in [0.4, 0.5) is 0 Å². The molecule has 1 N–H and O–H groups in total. The fraction of sp³-hybridized carbons (Fsp3) is 0.412. The van der Waals surface area contributed by atoms with E-state index in [1.807, 2.05) is 6.07 Å². The molecule has 0 aliphatic carbocycles. The van der Waals surface area contributed by atoms with Crippen LogP contribution >= 0.6 is 11.3 Å². The van der Waals surface area contributed by atoms with E-state index in [9.17, 15) is 0 Å². The van der Waals surface area contributed by atoms with Gasteiger partial charge in [0.2, 0.25) is 0 Å². The average molecular weight is 305 g/mol. The standard InChI is InChI=1S/C17H23NO2S/c1-12(18-13(2)17-6-5-9-21-17)14-7-8-16(20-4)15(10-14)11-19-3/h5-10,12-13,18H,11H2,1-4H3/t12?,13-/m1/s1. The Hall–Kier alpha value is -1.36. The van der Waals surface area contributed by atoms with E-state index in [4.69, 9.17) is 9.47 Å². The molecule has 2 atom stereocenters. The topological polar surface area (TPSA) is 30.5 Å². The number of benzene rings is 1. The van der Waals surface area contributed by atoms with Gasteiger partial charge in [0.05, 0.1) is 13.7 Å². The second-order valence-corrected chi connectivity index (χ2v) is 6.11. The van der Waals surface area contributed by atoms with Crippen LogP contribution in [0, 0.1) is 0 Å². The molecule has 0 spiro atoms. The fourth-order valence-electron chi connectivity index (χ4n) is 2.43. The van der Waals surface area contributed by atoms with Gasteiger partial charge in [-0.3, -0.25) is 0 Å². The van der Waals surface area contributed by atoms with Gasteiger partial charge in [-0.15, -0.1) is 11.3 Å². The van der Waals surface area contributed by atoms with Crippen LogP contribution in [-0.2, 0) is 11.3 Å². The van der Waals surface area contributed by atoms with Crippen LogP contribution in [-0.4, -0.2) is 14.2 Å². The SMILES string of the molecule is COCc1cc(C(C)N[C@H](C)c2cccs2)ccc1OC. The maximum absolute atomic E-state index is 5.37. The first-order chi connectivity index (χ1) is 10.2. The molecule has 2 rings (SSSR count). The summed E-state index contributed by atoms with van der Waals surface area (Å²) in [6.07, 6.45) is 0. The first-order valence-electron chi connectivity index (χ1n) is 7.11. The van der Waals surface area contributed by atoms with Crippen molar-refractivity contribution in [1.29, 1.82) is 0 Å². The Morgan fingerprint density at radius 1 is 1.14 bits per heavy atom. The lowest BCUT2D eigenvalue weighted by molar-refractivity contribution is 0.181. The highest BCUT2D eigenvalue weighted by Gasteiger charge is 2.13. The predicted molar refractivity (Wildman–Crippen MR) is 88.0 cm³/mol. The Morgan fingerprint density at radius 2 is 1.95 bits per heavy atom. The maximum atomic E-state index is 5.37. The summed E-state index contributed by atoms with van der Waals surface area (Å²) in [5.41, 5.74) is 2.32. The minimum atomic E-state index is 0.267. The summed E-state index contributed by atoms with van der Waals surface area (Å²) in [5, 5.41) is 5.75. The third-order valence-corrected chi connectivity index (χ3v) is 4.63. The zero-order valence-corrected chi connectivity index (χ0v) is 13.9. The molecule has 2 aromatic rings. The highest BCUT2D eigenvalue weighted by Crippen LogP contribution is 2.26. The van der Waals surface area contributed by atoms with E-state index in [2.05, 4.69) is 48.8 Å². The van der Waals surface area contributed by atoms with Gasteiger partial charge in [0.1, 0.15) is 5.75 Å². The molecule has 1 unspecified atom stereocenters. The van der Waals surface area contributed by atoms with Gasteiger partial charge in [0.25, 0.3) is 0 Å². The number of hydrogen-bond acceptors (Lipinski definition) is 4. The predicted octanol–water partition coefficient (Wildman–Crippen LogP) is 4.31. The van der Waals surface area contributed by atoms with E-state index in [-0.39, 0.29) is 6.04 Å². The second-order valence-electron chi connectivity index (χ2n) is 5.13. The van der Waals surface area contributed by atoms with E-state index in [1.165, 1.54) is 10.4 Å². The second kappa shape index (κ2) is 7.59. The molecular formula is C17H23NO2S. The van der Waals surface area contributed by atoms with Crippen molar-refractivity contribution in [1.82, 2.24) is 5.32 Å². The van der Waals surface area contributed by atoms with Crippen LogP contribution in [0.1, 0.15) is 41.9 Å². The molecule has 0 saturated heterocycles. The van der Waals surface area contributed by atoms with Crippen LogP contribution in [0.25, 0.3) is 0 Å². The molecule has 21 heavy (non-hydrogen) atoms. The molecule has 0 radical (unpaired) electrons. The smallest absolute Gasteiger partial charge is 0.124 e. The quantitative estimate of drug-likeness (QED) is 0.826. The number of rotatable bonds is 7. The van der Waals surface area contributed by atoms with E-state index in [0.29, 0.717) is 12.6 Å². The van der Waals surface area contributed by atoms with Crippen LogP contribution in [0.5, 0.6) is 5.75 Å². The molecule has 0 aliphatic rings. The van der Waals surface area contributed by atoms with Gasteiger partial charge in [-0.1, -0.05) is 12.1 Å². The molecule has 1 aromatic heterocycles. The third kappa shape index (κ3) is 4.06. The van der Waals surface area contributed by atoms with Gasteiger partial charge in [-0.2, -0.15) is 0 Å². The summed E-state index contributed by atoms with van der Waals surface area (Å²) in [7, 11) is 3.39. The van der Waals surface area contributed by atoms with Crippen LogP contribution in [0.15, 0.2) is 35.7 Å². The van der Waals surface area contributed by atoms with E-state index in [0.717, 1.165) is 11.3 Å². The number of ether oxygens (including phenoxy) is 2. The molecule has 114 valence electrons. The Bertz CT molecular complexity index is 554. The zero-order valence-electron chi connectivity index (χ0n) is 13.1. The summed E-state index contributed by atoms with van der Waals surface area (Å²) in [4.78, 5) is 1.35. The Balaban J connectivity index is 2.11. The minimum absolute atomic E-state index is 0.267. The van der Waals surface area contributed by atoms with Gasteiger partial charge in [0.15, 0.2) is 0 Å². The maximum Gasteiger partial charge on any atom is 0.124 e. The lowest BCUT2D eigenvalue weighted by atomic mass is 10.0. The van der Waals surface area contributed by atoms with Crippen molar-refractivity contribution in [3.63, 3.8) is 0 Å². The van der Waals surface area contributed by atoms with Gasteiger partial charge in [-0.05, 0) is 43.0 Å². The lowest BCUT2D eigenvalue weighted by Crippen LogP contribution is -2.22. The summed E-state index contributed by atoms with van der Waals surface area (Å²) >= 11 is 1.78. The van der Waals surface area contributed by atoms with Crippen molar-refractivity contribution >= 4 is 11.3 Å². The molecule has 1 heterocycles. The molecule has 1 aromatic carbocycles. The Morgan fingerprint density at radius 3 is 2.57 bits per heavy atom. The van der Waals surface area contributed by atoms with Crippen molar-refractivity contribution in [2.75, 3.05) is 14.2 Å². The van der Waals surface area contributed by atoms with Gasteiger partial charge in [-0.25, -0.2) is 0 Å². The zero-order chi connectivity index (χ0) is 15.2. The highest BCUT2D eigenvalue weighted by atomic mass is 32.1. The molecule has 0 saturated carbocycles. The molecule has 4 heteroatoms. The molecule has 3 nitrogen and oxygen atoms in total. The Kier molecular flexibility index (Phi) is 5.79.